The van der Waals surface area contributed by atoms with E-state index in [1.54, 1.807) is 12.1 Å². The van der Waals surface area contributed by atoms with Crippen molar-refractivity contribution in [2.45, 2.75) is 36.5 Å². The molecule has 0 heterocycles. The molecule has 2 aromatic rings. The lowest BCUT2D eigenvalue weighted by Gasteiger charge is -2.06. The van der Waals surface area contributed by atoms with Crippen LogP contribution in [0.25, 0.3) is 0 Å². The largest absolute Gasteiger partial charge is 0.358 e. The summed E-state index contributed by atoms with van der Waals surface area (Å²) in [5.41, 5.74) is 0.194. The number of hydrogen-bond acceptors (Lipinski definition) is 9. The van der Waals surface area contributed by atoms with E-state index in [0.29, 0.717) is 0 Å². The first-order valence-corrected chi connectivity index (χ1v) is 11.5. The molecule has 0 saturated heterocycles. The molecule has 0 saturated carbocycles. The summed E-state index contributed by atoms with van der Waals surface area (Å²) < 4.78 is 57.9. The van der Waals surface area contributed by atoms with Gasteiger partial charge in [0, 0.05) is 12.8 Å². The number of ketones is 1. The van der Waals surface area contributed by atoms with Crippen molar-refractivity contribution in [3.8, 4) is 0 Å². The molecule has 0 aromatic heterocycles. The van der Waals surface area contributed by atoms with Crippen LogP contribution in [0.1, 0.15) is 26.7 Å². The van der Waals surface area contributed by atoms with Gasteiger partial charge < -0.3 is 0 Å². The SMILES string of the molecule is CC(=O)C/C(C/C(C)=N/OS(=O)(=O)c1ccccc1)=N\OS(=O)(=O)c1ccccc1. The zero-order valence-corrected chi connectivity index (χ0v) is 17.9. The van der Waals surface area contributed by atoms with E-state index in [9.17, 15) is 21.6 Å². The Morgan fingerprint density at radius 1 is 0.733 bits per heavy atom. The van der Waals surface area contributed by atoms with Gasteiger partial charge in [0.2, 0.25) is 0 Å². The van der Waals surface area contributed by atoms with Crippen molar-refractivity contribution in [1.29, 1.82) is 0 Å². The van der Waals surface area contributed by atoms with Crippen LogP contribution in [0.15, 0.2) is 80.8 Å². The first-order valence-electron chi connectivity index (χ1n) is 8.66. The number of oxime groups is 2. The molecule has 9 nitrogen and oxygen atoms in total. The highest BCUT2D eigenvalue weighted by atomic mass is 32.2. The first kappa shape index (κ1) is 23.2. The fourth-order valence-electron chi connectivity index (χ4n) is 2.22. The standard InChI is InChI=1S/C19H20N2O7S2/c1-15(20-27-29(23,24)18-9-5-3-6-10-18)13-17(14-16(2)22)21-28-30(25,26)19-11-7-4-8-12-19/h3-12H,13-14H2,1-2H3/b20-15+,21-17-. The highest BCUT2D eigenvalue weighted by Crippen LogP contribution is 2.14. The van der Waals surface area contributed by atoms with E-state index >= 15 is 0 Å². The Labute approximate surface area is 175 Å². The van der Waals surface area contributed by atoms with Gasteiger partial charge >= 0.3 is 20.2 Å². The summed E-state index contributed by atoms with van der Waals surface area (Å²) in [5.74, 6) is -0.292. The van der Waals surface area contributed by atoms with Crippen LogP contribution in [0.4, 0.5) is 0 Å². The molecule has 0 amide bonds. The number of nitrogens with zero attached hydrogens (tertiary/aromatic N) is 2. The van der Waals surface area contributed by atoms with Crippen LogP contribution in [-0.4, -0.2) is 34.0 Å². The van der Waals surface area contributed by atoms with Crippen LogP contribution in [-0.2, 0) is 33.6 Å². The van der Waals surface area contributed by atoms with Crippen molar-refractivity contribution in [2.75, 3.05) is 0 Å². The summed E-state index contributed by atoms with van der Waals surface area (Å²) in [6.45, 7) is 2.74. The molecule has 0 aliphatic carbocycles. The Morgan fingerprint density at radius 2 is 1.17 bits per heavy atom. The van der Waals surface area contributed by atoms with Crippen LogP contribution >= 0.6 is 0 Å². The summed E-state index contributed by atoms with van der Waals surface area (Å²) in [4.78, 5) is 11.3. The van der Waals surface area contributed by atoms with Gasteiger partial charge in [-0.05, 0) is 38.1 Å². The fourth-order valence-corrected chi connectivity index (χ4v) is 3.80. The van der Waals surface area contributed by atoms with Crippen LogP contribution in [0.3, 0.4) is 0 Å². The highest BCUT2D eigenvalue weighted by molar-refractivity contribution is 7.87. The number of carbonyl (C=O) groups is 1. The number of Topliss-reactive ketones (excluding diaryl/α,β-unsaturated/α-hetero) is 1. The van der Waals surface area contributed by atoms with Gasteiger partial charge in [0.15, 0.2) is 0 Å². The molecule has 0 N–H and O–H groups in total. The lowest BCUT2D eigenvalue weighted by Crippen LogP contribution is -2.13. The molecule has 0 radical (unpaired) electrons. The molecular formula is C19H20N2O7S2. The van der Waals surface area contributed by atoms with Gasteiger partial charge in [-0.3, -0.25) is 13.4 Å². The Kier molecular flexibility index (Phi) is 7.84. The molecule has 0 spiro atoms. The summed E-state index contributed by atoms with van der Waals surface area (Å²) in [6, 6.07) is 14.8. The molecule has 160 valence electrons. The summed E-state index contributed by atoms with van der Waals surface area (Å²) in [7, 11) is -8.27. The molecule has 0 unspecified atom stereocenters. The second-order valence-electron chi connectivity index (χ2n) is 6.22. The molecular weight excluding hydrogens is 432 g/mol. The molecule has 0 fully saturated rings. The number of rotatable bonds is 10. The van der Waals surface area contributed by atoms with Gasteiger partial charge in [0.05, 0.1) is 11.4 Å². The predicted octanol–water partition coefficient (Wildman–Crippen LogP) is 2.90. The van der Waals surface area contributed by atoms with Gasteiger partial charge in [-0.15, -0.1) is 0 Å². The summed E-state index contributed by atoms with van der Waals surface area (Å²) >= 11 is 0. The normalized spacial score (nSPS) is 13.0. The zero-order chi connectivity index (χ0) is 22.2. The number of benzene rings is 2. The van der Waals surface area contributed by atoms with E-state index < -0.39 is 20.2 Å². The topological polar surface area (TPSA) is 129 Å². The molecule has 0 aliphatic heterocycles. The van der Waals surface area contributed by atoms with Crippen molar-refractivity contribution < 1.29 is 30.2 Å². The van der Waals surface area contributed by atoms with Crippen molar-refractivity contribution in [1.82, 2.24) is 0 Å². The third-order valence-electron chi connectivity index (χ3n) is 3.53. The van der Waals surface area contributed by atoms with E-state index in [2.05, 4.69) is 18.9 Å². The van der Waals surface area contributed by atoms with E-state index in [1.807, 2.05) is 0 Å². The van der Waals surface area contributed by atoms with Crippen LogP contribution < -0.4 is 0 Å². The molecule has 2 rings (SSSR count). The molecule has 2 aromatic carbocycles. The van der Waals surface area contributed by atoms with Gasteiger partial charge in [-0.1, -0.05) is 46.7 Å². The Balaban J connectivity index is 2.14. The van der Waals surface area contributed by atoms with Crippen molar-refractivity contribution in [2.24, 2.45) is 10.3 Å². The summed E-state index contributed by atoms with van der Waals surface area (Å²) in [5, 5.41) is 7.13. The Bertz CT molecular complexity index is 1140. The number of hydrogen-bond donors (Lipinski definition) is 0. The average molecular weight is 453 g/mol. The van der Waals surface area contributed by atoms with E-state index in [4.69, 9.17) is 0 Å². The van der Waals surface area contributed by atoms with E-state index in [0.717, 1.165) is 0 Å². The van der Waals surface area contributed by atoms with Crippen LogP contribution in [0.5, 0.6) is 0 Å². The average Bonchev–Trinajstić information content (AvgIpc) is 2.72. The smallest absolute Gasteiger partial charge is 0.300 e. The minimum atomic E-state index is -4.16. The maximum atomic E-state index is 12.2. The second-order valence-corrected chi connectivity index (χ2v) is 9.28. The van der Waals surface area contributed by atoms with Crippen molar-refractivity contribution in [3.63, 3.8) is 0 Å². The Hall–Kier alpha value is -3.05. The monoisotopic (exact) mass is 452 g/mol. The molecule has 30 heavy (non-hydrogen) atoms. The first-order chi connectivity index (χ1) is 14.1. The maximum Gasteiger partial charge on any atom is 0.358 e. The third-order valence-corrected chi connectivity index (χ3v) is 5.77. The van der Waals surface area contributed by atoms with Gasteiger partial charge in [0.1, 0.15) is 15.6 Å². The lowest BCUT2D eigenvalue weighted by molar-refractivity contribution is -0.115. The highest BCUT2D eigenvalue weighted by Gasteiger charge is 2.18. The third kappa shape index (κ3) is 7.08. The zero-order valence-electron chi connectivity index (χ0n) is 16.3. The van der Waals surface area contributed by atoms with Gasteiger partial charge in [-0.2, -0.15) is 16.8 Å². The predicted molar refractivity (Wildman–Crippen MR) is 110 cm³/mol. The van der Waals surface area contributed by atoms with Crippen LogP contribution in [0, 0.1) is 0 Å². The van der Waals surface area contributed by atoms with E-state index in [1.165, 1.54) is 62.4 Å². The lowest BCUT2D eigenvalue weighted by atomic mass is 10.1. The number of carbonyl (C=O) groups excluding carboxylic acids is 1. The fraction of sp³-hybridized carbons (Fsp3) is 0.211. The summed E-state index contributed by atoms with van der Waals surface area (Å²) in [6.07, 6.45) is -0.337. The van der Waals surface area contributed by atoms with Gasteiger partial charge in [0.25, 0.3) is 0 Å². The van der Waals surface area contributed by atoms with Crippen LogP contribution in [0.2, 0.25) is 0 Å². The molecule has 11 heteroatoms. The minimum Gasteiger partial charge on any atom is -0.300 e. The quantitative estimate of drug-likeness (QED) is 0.400. The van der Waals surface area contributed by atoms with Crippen molar-refractivity contribution >= 4 is 37.4 Å². The second kappa shape index (κ2) is 10.1. The minimum absolute atomic E-state index is 0.0453. The van der Waals surface area contributed by atoms with Crippen molar-refractivity contribution in [3.05, 3.63) is 60.7 Å². The maximum absolute atomic E-state index is 12.2. The van der Waals surface area contributed by atoms with Gasteiger partial charge in [-0.25, -0.2) is 0 Å². The molecule has 0 aliphatic rings. The Morgan fingerprint density at radius 3 is 1.60 bits per heavy atom. The molecule has 0 bridgehead atoms. The van der Waals surface area contributed by atoms with E-state index in [-0.39, 0.29) is 39.8 Å². The molecule has 0 atom stereocenters.